The second-order valence-electron chi connectivity index (χ2n) is 5.84. The summed E-state index contributed by atoms with van der Waals surface area (Å²) < 4.78 is 0. The van der Waals surface area contributed by atoms with Crippen molar-refractivity contribution in [3.05, 3.63) is 72.2 Å². The van der Waals surface area contributed by atoms with Gasteiger partial charge in [-0.1, -0.05) is 32.0 Å². The van der Waals surface area contributed by atoms with E-state index in [4.69, 9.17) is 0 Å². The van der Waals surface area contributed by atoms with Gasteiger partial charge >= 0.3 is 0 Å². The third-order valence-corrected chi connectivity index (χ3v) is 3.71. The van der Waals surface area contributed by atoms with E-state index >= 15 is 0 Å². The number of pyridine rings is 1. The van der Waals surface area contributed by atoms with Crippen molar-refractivity contribution in [1.29, 1.82) is 0 Å². The van der Waals surface area contributed by atoms with E-state index in [1.807, 2.05) is 30.3 Å². The summed E-state index contributed by atoms with van der Waals surface area (Å²) in [4.78, 5) is 12.9. The fourth-order valence-corrected chi connectivity index (χ4v) is 2.45. The smallest absolute Gasteiger partial charge is 0.229 e. The molecule has 122 valence electrons. The first-order chi connectivity index (χ1) is 11.7. The van der Waals surface area contributed by atoms with Gasteiger partial charge < -0.3 is 10.6 Å². The molecule has 0 atom stereocenters. The van der Waals surface area contributed by atoms with Crippen LogP contribution in [0.15, 0.2) is 61.1 Å². The lowest BCUT2D eigenvalue weighted by Crippen LogP contribution is -2.05. The van der Waals surface area contributed by atoms with Crippen molar-refractivity contribution in [3.8, 4) is 0 Å². The van der Waals surface area contributed by atoms with E-state index in [2.05, 4.69) is 51.6 Å². The fraction of sp³-hybridized carbons (Fsp3) is 0.211. The number of hydrogen-bond acceptors (Lipinski definition) is 5. The zero-order chi connectivity index (χ0) is 16.8. The van der Waals surface area contributed by atoms with Crippen LogP contribution in [0.3, 0.4) is 0 Å². The number of benzene rings is 1. The molecule has 0 spiro atoms. The molecular weight excluding hydrogens is 298 g/mol. The molecule has 3 aromatic rings. The van der Waals surface area contributed by atoms with Gasteiger partial charge in [-0.15, -0.1) is 0 Å². The zero-order valence-electron chi connectivity index (χ0n) is 13.9. The van der Waals surface area contributed by atoms with Crippen LogP contribution in [0.2, 0.25) is 0 Å². The molecular formula is C19H21N5. The van der Waals surface area contributed by atoms with Gasteiger partial charge in [-0.3, -0.25) is 4.98 Å². The standard InChI is InChI=1S/C19H21N5/c1-14(2)16-5-3-4-6-17(16)23-19-21-12-9-18(24-19)22-13-15-7-10-20-11-8-15/h3-12,14H,13H2,1-2H3,(H2,21,22,23,24). The van der Waals surface area contributed by atoms with Crippen LogP contribution in [0, 0.1) is 0 Å². The van der Waals surface area contributed by atoms with Gasteiger partial charge in [-0.2, -0.15) is 4.98 Å². The average molecular weight is 319 g/mol. The Bertz CT molecular complexity index is 787. The van der Waals surface area contributed by atoms with Crippen molar-refractivity contribution in [2.75, 3.05) is 10.6 Å². The number of hydrogen-bond donors (Lipinski definition) is 2. The highest BCUT2D eigenvalue weighted by molar-refractivity contribution is 5.60. The summed E-state index contributed by atoms with van der Waals surface area (Å²) in [6.07, 6.45) is 5.32. The summed E-state index contributed by atoms with van der Waals surface area (Å²) in [5.41, 5.74) is 3.44. The van der Waals surface area contributed by atoms with Gasteiger partial charge in [0.1, 0.15) is 5.82 Å². The van der Waals surface area contributed by atoms with Crippen LogP contribution in [0.4, 0.5) is 17.5 Å². The van der Waals surface area contributed by atoms with Gasteiger partial charge in [0.15, 0.2) is 0 Å². The molecule has 2 N–H and O–H groups in total. The molecule has 0 aliphatic carbocycles. The van der Waals surface area contributed by atoms with E-state index in [-0.39, 0.29) is 0 Å². The number of anilines is 3. The first-order valence-corrected chi connectivity index (χ1v) is 8.04. The first-order valence-electron chi connectivity index (χ1n) is 8.04. The molecule has 0 radical (unpaired) electrons. The Kier molecular flexibility index (Phi) is 5.01. The SMILES string of the molecule is CC(C)c1ccccc1Nc1nccc(NCc2ccncc2)n1. The third kappa shape index (κ3) is 4.07. The van der Waals surface area contributed by atoms with Crippen LogP contribution in [0.25, 0.3) is 0 Å². The number of aromatic nitrogens is 3. The molecule has 24 heavy (non-hydrogen) atoms. The Balaban J connectivity index is 1.72. The lowest BCUT2D eigenvalue weighted by Gasteiger charge is -2.14. The minimum Gasteiger partial charge on any atom is -0.366 e. The van der Waals surface area contributed by atoms with E-state index in [9.17, 15) is 0 Å². The minimum absolute atomic E-state index is 0.432. The average Bonchev–Trinajstić information content (AvgIpc) is 2.61. The predicted octanol–water partition coefficient (Wildman–Crippen LogP) is 4.35. The van der Waals surface area contributed by atoms with Gasteiger partial charge in [-0.25, -0.2) is 4.98 Å². The molecule has 3 rings (SSSR count). The lowest BCUT2D eigenvalue weighted by molar-refractivity contribution is 0.868. The Hall–Kier alpha value is -2.95. The minimum atomic E-state index is 0.432. The van der Waals surface area contributed by atoms with Gasteiger partial charge in [0.05, 0.1) is 0 Å². The Morgan fingerprint density at radius 3 is 2.54 bits per heavy atom. The number of rotatable bonds is 6. The molecule has 0 saturated heterocycles. The maximum atomic E-state index is 4.53. The number of nitrogens with one attached hydrogen (secondary N) is 2. The highest BCUT2D eigenvalue weighted by Crippen LogP contribution is 2.25. The van der Waals surface area contributed by atoms with Crippen LogP contribution in [0.1, 0.15) is 30.9 Å². The molecule has 5 heteroatoms. The van der Waals surface area contributed by atoms with Crippen LogP contribution in [-0.4, -0.2) is 15.0 Å². The summed E-state index contributed by atoms with van der Waals surface area (Å²) in [7, 11) is 0. The molecule has 0 fully saturated rings. The van der Waals surface area contributed by atoms with Gasteiger partial charge in [0.2, 0.25) is 5.95 Å². The normalized spacial score (nSPS) is 10.6. The van der Waals surface area contributed by atoms with Crippen LogP contribution in [0.5, 0.6) is 0 Å². The molecule has 0 amide bonds. The monoisotopic (exact) mass is 319 g/mol. The molecule has 0 aliphatic heterocycles. The van der Waals surface area contributed by atoms with E-state index in [1.165, 1.54) is 5.56 Å². The number of para-hydroxylation sites is 1. The fourth-order valence-electron chi connectivity index (χ4n) is 2.45. The van der Waals surface area contributed by atoms with Crippen molar-refractivity contribution in [1.82, 2.24) is 15.0 Å². The van der Waals surface area contributed by atoms with E-state index < -0.39 is 0 Å². The lowest BCUT2D eigenvalue weighted by atomic mass is 10.0. The van der Waals surface area contributed by atoms with Crippen molar-refractivity contribution in [2.45, 2.75) is 26.3 Å². The van der Waals surface area contributed by atoms with E-state index in [1.54, 1.807) is 18.6 Å². The van der Waals surface area contributed by atoms with Crippen molar-refractivity contribution in [3.63, 3.8) is 0 Å². The van der Waals surface area contributed by atoms with Crippen molar-refractivity contribution < 1.29 is 0 Å². The Morgan fingerprint density at radius 1 is 0.958 bits per heavy atom. The maximum Gasteiger partial charge on any atom is 0.229 e. The highest BCUT2D eigenvalue weighted by atomic mass is 15.1. The molecule has 1 aromatic carbocycles. The predicted molar refractivity (Wildman–Crippen MR) is 97.4 cm³/mol. The number of nitrogens with zero attached hydrogens (tertiary/aromatic N) is 3. The second kappa shape index (κ2) is 7.55. The molecule has 5 nitrogen and oxygen atoms in total. The first kappa shape index (κ1) is 15.9. The molecule has 0 saturated carbocycles. The molecule has 0 aliphatic rings. The van der Waals surface area contributed by atoms with Crippen LogP contribution >= 0.6 is 0 Å². The zero-order valence-corrected chi connectivity index (χ0v) is 13.9. The summed E-state index contributed by atoms with van der Waals surface area (Å²) in [5, 5.41) is 6.63. The van der Waals surface area contributed by atoms with Gasteiger partial charge in [-0.05, 0) is 41.3 Å². The van der Waals surface area contributed by atoms with Crippen LogP contribution < -0.4 is 10.6 Å². The molecule has 0 unspecified atom stereocenters. The summed E-state index contributed by atoms with van der Waals surface area (Å²) >= 11 is 0. The Morgan fingerprint density at radius 2 is 1.75 bits per heavy atom. The van der Waals surface area contributed by atoms with Crippen molar-refractivity contribution in [2.24, 2.45) is 0 Å². The van der Waals surface area contributed by atoms with Gasteiger partial charge in [0.25, 0.3) is 0 Å². The van der Waals surface area contributed by atoms with Crippen LogP contribution in [-0.2, 0) is 6.54 Å². The van der Waals surface area contributed by atoms with E-state index in [0.717, 1.165) is 17.1 Å². The largest absolute Gasteiger partial charge is 0.366 e. The maximum absolute atomic E-state index is 4.53. The summed E-state index contributed by atoms with van der Waals surface area (Å²) in [6.45, 7) is 5.05. The van der Waals surface area contributed by atoms with Crippen molar-refractivity contribution >= 4 is 17.5 Å². The Labute approximate surface area is 142 Å². The topological polar surface area (TPSA) is 62.7 Å². The second-order valence-corrected chi connectivity index (χ2v) is 5.84. The third-order valence-electron chi connectivity index (χ3n) is 3.71. The molecule has 2 heterocycles. The van der Waals surface area contributed by atoms with E-state index in [0.29, 0.717) is 18.4 Å². The summed E-state index contributed by atoms with van der Waals surface area (Å²) in [5.74, 6) is 1.80. The highest BCUT2D eigenvalue weighted by Gasteiger charge is 2.07. The molecule has 0 bridgehead atoms. The summed E-state index contributed by atoms with van der Waals surface area (Å²) in [6, 6.07) is 14.1. The molecule has 2 aromatic heterocycles. The quantitative estimate of drug-likeness (QED) is 0.707. The van der Waals surface area contributed by atoms with Gasteiger partial charge in [0, 0.05) is 30.8 Å².